The van der Waals surface area contributed by atoms with Crippen LogP contribution in [0.1, 0.15) is 5.56 Å². The third-order valence-corrected chi connectivity index (χ3v) is 4.06. The average Bonchev–Trinajstić information content (AvgIpc) is 2.62. The van der Waals surface area contributed by atoms with E-state index in [9.17, 15) is 5.11 Å². The zero-order chi connectivity index (χ0) is 10.1. The van der Waals surface area contributed by atoms with Gasteiger partial charge in [-0.2, -0.15) is 0 Å². The van der Waals surface area contributed by atoms with E-state index < -0.39 is 0 Å². The molecule has 0 amide bonds. The molecule has 0 saturated carbocycles. The Bertz CT molecular complexity index is 464. The van der Waals surface area contributed by atoms with E-state index in [1.165, 1.54) is 0 Å². The van der Waals surface area contributed by atoms with Crippen LogP contribution < -0.4 is 5.73 Å². The molecule has 0 aliphatic carbocycles. The summed E-state index contributed by atoms with van der Waals surface area (Å²) in [5, 5.41) is 12.5. The van der Waals surface area contributed by atoms with Crippen LogP contribution in [-0.4, -0.2) is 11.4 Å². The van der Waals surface area contributed by atoms with Crippen molar-refractivity contribution in [3.05, 3.63) is 23.1 Å². The lowest BCUT2D eigenvalue weighted by atomic mass is 10.1. The lowest BCUT2D eigenvalue weighted by Crippen LogP contribution is -1.94. The molecule has 0 fully saturated rings. The van der Waals surface area contributed by atoms with Gasteiger partial charge in [0.25, 0.3) is 0 Å². The predicted octanol–water partition coefficient (Wildman–Crippen LogP) is 2.70. The summed E-state index contributed by atoms with van der Waals surface area (Å²) in [7, 11) is 0. The minimum absolute atomic E-state index is 0.0538. The van der Waals surface area contributed by atoms with E-state index in [0.29, 0.717) is 0 Å². The second-order valence-electron chi connectivity index (χ2n) is 2.97. The zero-order valence-electron chi connectivity index (χ0n) is 7.78. The van der Waals surface area contributed by atoms with E-state index in [1.807, 2.05) is 23.8 Å². The van der Waals surface area contributed by atoms with Crippen LogP contribution >= 0.6 is 23.1 Å². The number of hydrogen-bond acceptors (Lipinski definition) is 4. The van der Waals surface area contributed by atoms with Gasteiger partial charge in [-0.3, -0.25) is 0 Å². The number of benzene rings is 1. The SMILES string of the molecule is CSc1c(N)cc2ccsc2c1CO. The number of nitrogen functional groups attached to an aromatic ring is 1. The molecule has 4 heteroatoms. The number of aliphatic hydroxyl groups is 1. The van der Waals surface area contributed by atoms with Crippen LogP contribution in [0.25, 0.3) is 10.1 Å². The van der Waals surface area contributed by atoms with Gasteiger partial charge in [0.2, 0.25) is 0 Å². The Morgan fingerprint density at radius 3 is 3.00 bits per heavy atom. The van der Waals surface area contributed by atoms with Crippen LogP contribution in [0.3, 0.4) is 0 Å². The van der Waals surface area contributed by atoms with Crippen molar-refractivity contribution < 1.29 is 5.11 Å². The van der Waals surface area contributed by atoms with E-state index in [-0.39, 0.29) is 6.61 Å². The molecular weight excluding hydrogens is 214 g/mol. The molecule has 0 radical (unpaired) electrons. The Kier molecular flexibility index (Phi) is 2.67. The summed E-state index contributed by atoms with van der Waals surface area (Å²) in [6.07, 6.45) is 1.98. The molecule has 74 valence electrons. The lowest BCUT2D eigenvalue weighted by molar-refractivity contribution is 0.281. The molecular formula is C10H11NOS2. The summed E-state index contributed by atoms with van der Waals surface area (Å²) >= 11 is 3.23. The second kappa shape index (κ2) is 3.81. The molecule has 0 atom stereocenters. The first kappa shape index (κ1) is 9.83. The molecule has 0 bridgehead atoms. The first-order chi connectivity index (χ1) is 6.77. The van der Waals surface area contributed by atoms with Gasteiger partial charge in [-0.15, -0.1) is 23.1 Å². The Morgan fingerprint density at radius 1 is 1.57 bits per heavy atom. The summed E-state index contributed by atoms with van der Waals surface area (Å²) in [4.78, 5) is 1.00. The highest BCUT2D eigenvalue weighted by molar-refractivity contribution is 7.98. The van der Waals surface area contributed by atoms with Crippen LogP contribution in [0.2, 0.25) is 0 Å². The smallest absolute Gasteiger partial charge is 0.0707 e. The molecule has 2 aromatic rings. The third kappa shape index (κ3) is 1.39. The minimum atomic E-state index is 0.0538. The zero-order valence-corrected chi connectivity index (χ0v) is 9.41. The number of anilines is 1. The van der Waals surface area contributed by atoms with Crippen molar-refractivity contribution in [1.82, 2.24) is 0 Å². The van der Waals surface area contributed by atoms with E-state index in [2.05, 4.69) is 0 Å². The van der Waals surface area contributed by atoms with E-state index in [0.717, 1.165) is 26.2 Å². The molecule has 0 saturated heterocycles. The van der Waals surface area contributed by atoms with Crippen LogP contribution in [0.15, 0.2) is 22.4 Å². The van der Waals surface area contributed by atoms with Gasteiger partial charge < -0.3 is 10.8 Å². The minimum Gasteiger partial charge on any atom is -0.398 e. The van der Waals surface area contributed by atoms with Crippen molar-refractivity contribution >= 4 is 38.9 Å². The van der Waals surface area contributed by atoms with Gasteiger partial charge in [0.05, 0.1) is 6.61 Å². The van der Waals surface area contributed by atoms with Gasteiger partial charge in [0, 0.05) is 20.8 Å². The number of thioether (sulfide) groups is 1. The molecule has 0 aliphatic heterocycles. The molecule has 0 spiro atoms. The quantitative estimate of drug-likeness (QED) is 0.610. The van der Waals surface area contributed by atoms with Gasteiger partial charge >= 0.3 is 0 Å². The van der Waals surface area contributed by atoms with Crippen molar-refractivity contribution in [3.8, 4) is 0 Å². The fourth-order valence-electron chi connectivity index (χ4n) is 1.57. The Balaban J connectivity index is 2.82. The number of rotatable bonds is 2. The van der Waals surface area contributed by atoms with Gasteiger partial charge in [0.1, 0.15) is 0 Å². The largest absolute Gasteiger partial charge is 0.398 e. The van der Waals surface area contributed by atoms with Crippen LogP contribution in [0.5, 0.6) is 0 Å². The Labute approximate surface area is 90.7 Å². The fraction of sp³-hybridized carbons (Fsp3) is 0.200. The molecule has 2 rings (SSSR count). The maximum atomic E-state index is 9.33. The molecule has 14 heavy (non-hydrogen) atoms. The number of thiophene rings is 1. The van der Waals surface area contributed by atoms with Crippen LogP contribution in [-0.2, 0) is 6.61 Å². The van der Waals surface area contributed by atoms with Crippen molar-refractivity contribution in [2.24, 2.45) is 0 Å². The second-order valence-corrected chi connectivity index (χ2v) is 4.71. The van der Waals surface area contributed by atoms with Gasteiger partial charge in [-0.05, 0) is 29.2 Å². The van der Waals surface area contributed by atoms with Gasteiger partial charge in [-0.25, -0.2) is 0 Å². The van der Waals surface area contributed by atoms with Crippen molar-refractivity contribution in [2.75, 3.05) is 12.0 Å². The Morgan fingerprint density at radius 2 is 2.36 bits per heavy atom. The van der Waals surface area contributed by atoms with Crippen molar-refractivity contribution in [1.29, 1.82) is 0 Å². The number of aliphatic hydroxyl groups excluding tert-OH is 1. The third-order valence-electron chi connectivity index (χ3n) is 2.18. The molecule has 0 unspecified atom stereocenters. The number of hydrogen-bond donors (Lipinski definition) is 2. The summed E-state index contributed by atoms with van der Waals surface area (Å²) < 4.78 is 1.14. The number of fused-ring (bicyclic) bond motifs is 1. The van der Waals surface area contributed by atoms with Crippen molar-refractivity contribution in [2.45, 2.75) is 11.5 Å². The summed E-state index contributed by atoms with van der Waals surface area (Å²) in [5.41, 5.74) is 7.62. The standard InChI is InChI=1S/C10H11NOS2/c1-13-10-7(5-12)9-6(2-3-14-9)4-8(10)11/h2-4,12H,5,11H2,1H3. The molecule has 3 N–H and O–H groups in total. The number of nitrogens with two attached hydrogens (primary N) is 1. The first-order valence-electron chi connectivity index (χ1n) is 4.21. The maximum absolute atomic E-state index is 9.33. The Hall–Kier alpha value is -0.710. The molecule has 1 heterocycles. The monoisotopic (exact) mass is 225 g/mol. The molecule has 1 aromatic heterocycles. The highest BCUT2D eigenvalue weighted by Crippen LogP contribution is 2.36. The van der Waals surface area contributed by atoms with E-state index in [4.69, 9.17) is 5.73 Å². The van der Waals surface area contributed by atoms with E-state index in [1.54, 1.807) is 23.1 Å². The maximum Gasteiger partial charge on any atom is 0.0707 e. The van der Waals surface area contributed by atoms with Crippen LogP contribution in [0.4, 0.5) is 5.69 Å². The van der Waals surface area contributed by atoms with Crippen molar-refractivity contribution in [3.63, 3.8) is 0 Å². The molecule has 1 aromatic carbocycles. The first-order valence-corrected chi connectivity index (χ1v) is 6.31. The highest BCUT2D eigenvalue weighted by Gasteiger charge is 2.10. The van der Waals surface area contributed by atoms with E-state index >= 15 is 0 Å². The van der Waals surface area contributed by atoms with Gasteiger partial charge in [0.15, 0.2) is 0 Å². The average molecular weight is 225 g/mol. The van der Waals surface area contributed by atoms with Gasteiger partial charge in [-0.1, -0.05) is 0 Å². The highest BCUT2D eigenvalue weighted by atomic mass is 32.2. The summed E-state index contributed by atoms with van der Waals surface area (Å²) in [5.74, 6) is 0. The molecule has 2 nitrogen and oxygen atoms in total. The fourth-order valence-corrected chi connectivity index (χ4v) is 3.27. The predicted molar refractivity (Wildman–Crippen MR) is 63.9 cm³/mol. The molecule has 0 aliphatic rings. The summed E-state index contributed by atoms with van der Waals surface area (Å²) in [6.45, 7) is 0.0538. The lowest BCUT2D eigenvalue weighted by Gasteiger charge is -2.09. The summed E-state index contributed by atoms with van der Waals surface area (Å²) in [6, 6.07) is 4.00. The normalized spacial score (nSPS) is 11.0. The topological polar surface area (TPSA) is 46.2 Å². The van der Waals surface area contributed by atoms with Crippen LogP contribution in [0, 0.1) is 0 Å².